The summed E-state index contributed by atoms with van der Waals surface area (Å²) in [6, 6.07) is 22.6. The predicted octanol–water partition coefficient (Wildman–Crippen LogP) is 5.68. The average molecular weight is 405 g/mol. The molecule has 0 saturated carbocycles. The number of thioether (sulfide) groups is 1. The van der Waals surface area contributed by atoms with E-state index >= 15 is 0 Å². The standard InChI is InChI=1S/C23H20FN3OS/c1-16-4-3-5-18(14-16)22-25-26-23(29-15-17-6-8-19(24)9-7-17)27(22)20-10-12-21(28-2)13-11-20/h3-14H,15H2,1-2H3. The van der Waals surface area contributed by atoms with Gasteiger partial charge >= 0.3 is 0 Å². The highest BCUT2D eigenvalue weighted by Crippen LogP contribution is 2.30. The fourth-order valence-electron chi connectivity index (χ4n) is 3.03. The lowest BCUT2D eigenvalue weighted by Gasteiger charge is -2.11. The van der Waals surface area contributed by atoms with E-state index in [1.807, 2.05) is 41.0 Å². The Bertz CT molecular complexity index is 1110. The highest BCUT2D eigenvalue weighted by Gasteiger charge is 2.16. The predicted molar refractivity (Wildman–Crippen MR) is 114 cm³/mol. The molecule has 4 rings (SSSR count). The lowest BCUT2D eigenvalue weighted by atomic mass is 10.1. The molecule has 6 heteroatoms. The zero-order valence-corrected chi connectivity index (χ0v) is 17.0. The van der Waals surface area contributed by atoms with Crippen LogP contribution in [0.1, 0.15) is 11.1 Å². The van der Waals surface area contributed by atoms with Crippen LogP contribution in [0.15, 0.2) is 78.0 Å². The molecule has 0 bridgehead atoms. The number of methoxy groups -OCH3 is 1. The quantitative estimate of drug-likeness (QED) is 0.387. The van der Waals surface area contributed by atoms with Crippen molar-refractivity contribution in [1.82, 2.24) is 14.8 Å². The molecule has 0 fully saturated rings. The first-order valence-electron chi connectivity index (χ1n) is 9.18. The summed E-state index contributed by atoms with van der Waals surface area (Å²) in [6.07, 6.45) is 0. The van der Waals surface area contributed by atoms with Gasteiger partial charge < -0.3 is 4.74 Å². The lowest BCUT2D eigenvalue weighted by Crippen LogP contribution is -2.00. The normalized spacial score (nSPS) is 10.9. The second-order valence-corrected chi connectivity index (χ2v) is 7.57. The van der Waals surface area contributed by atoms with Crippen molar-refractivity contribution in [1.29, 1.82) is 0 Å². The summed E-state index contributed by atoms with van der Waals surface area (Å²) in [6.45, 7) is 2.06. The van der Waals surface area contributed by atoms with E-state index in [9.17, 15) is 4.39 Å². The Morgan fingerprint density at radius 2 is 1.72 bits per heavy atom. The van der Waals surface area contributed by atoms with Crippen LogP contribution in [-0.2, 0) is 5.75 Å². The maximum atomic E-state index is 13.2. The minimum Gasteiger partial charge on any atom is -0.497 e. The van der Waals surface area contributed by atoms with Crippen molar-refractivity contribution in [3.05, 3.63) is 89.7 Å². The third-order valence-corrected chi connectivity index (χ3v) is 5.52. The van der Waals surface area contributed by atoms with Crippen molar-refractivity contribution in [2.45, 2.75) is 17.8 Å². The highest BCUT2D eigenvalue weighted by molar-refractivity contribution is 7.98. The molecule has 146 valence electrons. The van der Waals surface area contributed by atoms with Gasteiger partial charge in [-0.15, -0.1) is 10.2 Å². The van der Waals surface area contributed by atoms with E-state index in [0.29, 0.717) is 5.75 Å². The van der Waals surface area contributed by atoms with Gasteiger partial charge in [-0.05, 0) is 55.0 Å². The SMILES string of the molecule is COc1ccc(-n2c(SCc3ccc(F)cc3)nnc2-c2cccc(C)c2)cc1. The van der Waals surface area contributed by atoms with Crippen LogP contribution < -0.4 is 4.74 Å². The van der Waals surface area contributed by atoms with E-state index in [4.69, 9.17) is 4.74 Å². The number of hydrogen-bond donors (Lipinski definition) is 0. The molecule has 0 radical (unpaired) electrons. The minimum absolute atomic E-state index is 0.234. The van der Waals surface area contributed by atoms with E-state index < -0.39 is 0 Å². The van der Waals surface area contributed by atoms with Crippen LogP contribution in [0.3, 0.4) is 0 Å². The average Bonchev–Trinajstić information content (AvgIpc) is 3.17. The molecule has 0 unspecified atom stereocenters. The summed E-state index contributed by atoms with van der Waals surface area (Å²) < 4.78 is 20.5. The fraction of sp³-hybridized carbons (Fsp3) is 0.130. The second kappa shape index (κ2) is 8.49. The van der Waals surface area contributed by atoms with Crippen molar-refractivity contribution in [2.24, 2.45) is 0 Å². The number of hydrogen-bond acceptors (Lipinski definition) is 4. The molecular formula is C23H20FN3OS. The summed E-state index contributed by atoms with van der Waals surface area (Å²) in [5.74, 6) is 2.00. The van der Waals surface area contributed by atoms with Crippen molar-refractivity contribution in [2.75, 3.05) is 7.11 Å². The molecule has 0 atom stereocenters. The topological polar surface area (TPSA) is 39.9 Å². The van der Waals surface area contributed by atoms with Crippen LogP contribution in [-0.4, -0.2) is 21.9 Å². The summed E-state index contributed by atoms with van der Waals surface area (Å²) in [7, 11) is 1.65. The van der Waals surface area contributed by atoms with Gasteiger partial charge in [0, 0.05) is 17.0 Å². The molecule has 0 aliphatic carbocycles. The van der Waals surface area contributed by atoms with Gasteiger partial charge in [0.25, 0.3) is 0 Å². The van der Waals surface area contributed by atoms with Crippen molar-refractivity contribution < 1.29 is 9.13 Å². The van der Waals surface area contributed by atoms with Gasteiger partial charge in [0.05, 0.1) is 7.11 Å². The van der Waals surface area contributed by atoms with Crippen LogP contribution in [0.25, 0.3) is 17.1 Å². The fourth-order valence-corrected chi connectivity index (χ4v) is 3.93. The number of halogens is 1. The molecule has 0 aliphatic heterocycles. The monoisotopic (exact) mass is 405 g/mol. The maximum Gasteiger partial charge on any atom is 0.196 e. The molecule has 29 heavy (non-hydrogen) atoms. The van der Waals surface area contributed by atoms with Crippen LogP contribution in [0.4, 0.5) is 4.39 Å². The number of aromatic nitrogens is 3. The Morgan fingerprint density at radius 1 is 0.966 bits per heavy atom. The van der Waals surface area contributed by atoms with E-state index in [-0.39, 0.29) is 5.82 Å². The molecule has 4 nitrogen and oxygen atoms in total. The second-order valence-electron chi connectivity index (χ2n) is 6.62. The van der Waals surface area contributed by atoms with Crippen LogP contribution in [0.2, 0.25) is 0 Å². The zero-order chi connectivity index (χ0) is 20.2. The van der Waals surface area contributed by atoms with Crippen LogP contribution >= 0.6 is 11.8 Å². The number of nitrogens with zero attached hydrogens (tertiary/aromatic N) is 3. The first-order chi connectivity index (χ1) is 14.1. The van der Waals surface area contributed by atoms with E-state index in [2.05, 4.69) is 29.3 Å². The third-order valence-electron chi connectivity index (χ3n) is 4.52. The summed E-state index contributed by atoms with van der Waals surface area (Å²) in [5, 5.41) is 9.69. The minimum atomic E-state index is -0.234. The van der Waals surface area contributed by atoms with Crippen LogP contribution in [0, 0.1) is 12.7 Å². The Kier molecular flexibility index (Phi) is 5.62. The zero-order valence-electron chi connectivity index (χ0n) is 16.2. The van der Waals surface area contributed by atoms with Crippen LogP contribution in [0.5, 0.6) is 5.75 Å². The molecular weight excluding hydrogens is 385 g/mol. The summed E-state index contributed by atoms with van der Waals surface area (Å²) >= 11 is 1.57. The summed E-state index contributed by atoms with van der Waals surface area (Å²) in [4.78, 5) is 0. The lowest BCUT2D eigenvalue weighted by molar-refractivity contribution is 0.414. The van der Waals surface area contributed by atoms with Gasteiger partial charge in [0.2, 0.25) is 0 Å². The molecule has 1 heterocycles. The van der Waals surface area contributed by atoms with Crippen molar-refractivity contribution in [3.63, 3.8) is 0 Å². The first-order valence-corrected chi connectivity index (χ1v) is 10.2. The Labute approximate surface area is 173 Å². The Hall–Kier alpha value is -3.12. The van der Waals surface area contributed by atoms with Gasteiger partial charge in [-0.1, -0.05) is 47.7 Å². The number of benzene rings is 3. The molecule has 0 N–H and O–H groups in total. The number of rotatable bonds is 6. The van der Waals surface area contributed by atoms with Gasteiger partial charge in [-0.25, -0.2) is 4.39 Å². The van der Waals surface area contributed by atoms with Gasteiger partial charge in [-0.3, -0.25) is 4.57 Å². The molecule has 0 aliphatic rings. The molecule has 4 aromatic rings. The van der Waals surface area contributed by atoms with E-state index in [1.54, 1.807) is 31.0 Å². The maximum absolute atomic E-state index is 13.2. The number of aryl methyl sites for hydroxylation is 1. The summed E-state index contributed by atoms with van der Waals surface area (Å²) in [5.41, 5.74) is 4.14. The third kappa shape index (κ3) is 4.32. The molecule has 0 amide bonds. The largest absolute Gasteiger partial charge is 0.497 e. The van der Waals surface area contributed by atoms with Gasteiger partial charge in [0.15, 0.2) is 11.0 Å². The molecule has 0 spiro atoms. The molecule has 3 aromatic carbocycles. The van der Waals surface area contributed by atoms with E-state index in [1.165, 1.54) is 12.1 Å². The number of ether oxygens (including phenoxy) is 1. The molecule has 1 aromatic heterocycles. The van der Waals surface area contributed by atoms with Gasteiger partial charge in [0.1, 0.15) is 11.6 Å². The van der Waals surface area contributed by atoms with Crippen molar-refractivity contribution >= 4 is 11.8 Å². The Balaban J connectivity index is 1.73. The Morgan fingerprint density at radius 3 is 2.41 bits per heavy atom. The highest BCUT2D eigenvalue weighted by atomic mass is 32.2. The molecule has 0 saturated heterocycles. The first kappa shape index (κ1) is 19.2. The van der Waals surface area contributed by atoms with E-state index in [0.717, 1.165) is 39.1 Å². The van der Waals surface area contributed by atoms with Gasteiger partial charge in [-0.2, -0.15) is 0 Å². The van der Waals surface area contributed by atoms with Crippen molar-refractivity contribution in [3.8, 4) is 22.8 Å². The smallest absolute Gasteiger partial charge is 0.196 e.